The van der Waals surface area contributed by atoms with E-state index in [9.17, 15) is 5.11 Å². The molecule has 0 aliphatic heterocycles. The first-order valence-corrected chi connectivity index (χ1v) is 7.23. The van der Waals surface area contributed by atoms with E-state index in [1.807, 2.05) is 19.2 Å². The van der Waals surface area contributed by atoms with Crippen LogP contribution in [-0.4, -0.2) is 22.2 Å². The van der Waals surface area contributed by atoms with Crippen molar-refractivity contribution in [1.82, 2.24) is 10.3 Å². The molecule has 0 saturated heterocycles. The molecule has 1 aliphatic rings. The number of rotatable bonds is 4. The van der Waals surface area contributed by atoms with E-state index in [0.29, 0.717) is 12.0 Å². The van der Waals surface area contributed by atoms with Crippen LogP contribution in [0.3, 0.4) is 0 Å². The lowest BCUT2D eigenvalue weighted by atomic mass is 9.71. The second-order valence-corrected chi connectivity index (χ2v) is 6.82. The Morgan fingerprint density at radius 2 is 1.89 bits per heavy atom. The summed E-state index contributed by atoms with van der Waals surface area (Å²) in [5, 5.41) is 13.9. The van der Waals surface area contributed by atoms with Crippen LogP contribution in [0.4, 0.5) is 0 Å². The largest absolute Gasteiger partial charge is 0.389 e. The molecule has 1 aliphatic carbocycles. The molecule has 0 amide bonds. The average Bonchev–Trinajstić information content (AvgIpc) is 2.36. The lowest BCUT2D eigenvalue weighted by Gasteiger charge is -2.40. The average molecular weight is 262 g/mol. The van der Waals surface area contributed by atoms with Crippen molar-refractivity contribution in [2.24, 2.45) is 5.41 Å². The highest BCUT2D eigenvalue weighted by molar-refractivity contribution is 5.12. The lowest BCUT2D eigenvalue weighted by Crippen LogP contribution is -2.44. The van der Waals surface area contributed by atoms with Gasteiger partial charge in [0.05, 0.1) is 11.3 Å². The second-order valence-electron chi connectivity index (χ2n) is 6.82. The number of aryl methyl sites for hydroxylation is 1. The lowest BCUT2D eigenvalue weighted by molar-refractivity contribution is -0.0245. The third-order valence-corrected chi connectivity index (χ3v) is 4.27. The zero-order chi connectivity index (χ0) is 13.9. The molecule has 106 valence electrons. The molecule has 2 rings (SSSR count). The summed E-state index contributed by atoms with van der Waals surface area (Å²) in [6, 6.07) is 4.11. The third-order valence-electron chi connectivity index (χ3n) is 4.27. The second kappa shape index (κ2) is 5.59. The van der Waals surface area contributed by atoms with Crippen LogP contribution in [0.25, 0.3) is 0 Å². The fraction of sp³-hybridized carbons (Fsp3) is 0.688. The number of hydrogen-bond acceptors (Lipinski definition) is 3. The Hall–Kier alpha value is -0.930. The predicted molar refractivity (Wildman–Crippen MR) is 77.9 cm³/mol. The highest BCUT2D eigenvalue weighted by atomic mass is 16.3. The highest BCUT2D eigenvalue weighted by Gasteiger charge is 2.36. The molecule has 0 spiro atoms. The molecular weight excluding hydrogens is 236 g/mol. The number of nitrogens with zero attached hydrogens (tertiary/aromatic N) is 1. The van der Waals surface area contributed by atoms with Gasteiger partial charge in [-0.3, -0.25) is 4.98 Å². The van der Waals surface area contributed by atoms with E-state index >= 15 is 0 Å². The van der Waals surface area contributed by atoms with Crippen molar-refractivity contribution in [2.75, 3.05) is 6.54 Å². The Balaban J connectivity index is 1.78. The van der Waals surface area contributed by atoms with E-state index in [2.05, 4.69) is 30.2 Å². The van der Waals surface area contributed by atoms with Crippen LogP contribution < -0.4 is 5.32 Å². The number of nitrogens with one attached hydrogen (secondary N) is 1. The molecule has 19 heavy (non-hydrogen) atoms. The van der Waals surface area contributed by atoms with Gasteiger partial charge in [-0.1, -0.05) is 19.9 Å². The molecule has 3 nitrogen and oxygen atoms in total. The standard InChI is InChI=1S/C16H26N2O/c1-13-4-5-14(18-10-13)11-17-12-16(19)8-6-15(2,3)7-9-16/h4-5,10,17,19H,6-9,11-12H2,1-3H3. The van der Waals surface area contributed by atoms with Crippen LogP contribution in [0.2, 0.25) is 0 Å². The van der Waals surface area contributed by atoms with Crippen LogP contribution in [0.1, 0.15) is 50.8 Å². The van der Waals surface area contributed by atoms with Crippen LogP contribution >= 0.6 is 0 Å². The molecular formula is C16H26N2O. The van der Waals surface area contributed by atoms with Crippen molar-refractivity contribution >= 4 is 0 Å². The molecule has 1 saturated carbocycles. The number of aliphatic hydroxyl groups is 1. The SMILES string of the molecule is Cc1ccc(CNCC2(O)CCC(C)(C)CC2)nc1. The van der Waals surface area contributed by atoms with E-state index in [-0.39, 0.29) is 0 Å². The molecule has 1 aromatic heterocycles. The van der Waals surface area contributed by atoms with Crippen molar-refractivity contribution in [2.45, 2.75) is 58.6 Å². The van der Waals surface area contributed by atoms with Crippen LogP contribution in [0.15, 0.2) is 18.3 Å². The summed E-state index contributed by atoms with van der Waals surface area (Å²) in [5.74, 6) is 0. The van der Waals surface area contributed by atoms with E-state index < -0.39 is 5.60 Å². The molecule has 3 heteroatoms. The van der Waals surface area contributed by atoms with E-state index in [4.69, 9.17) is 0 Å². The molecule has 1 heterocycles. The molecule has 0 radical (unpaired) electrons. The summed E-state index contributed by atoms with van der Waals surface area (Å²) in [5.41, 5.74) is 2.08. The summed E-state index contributed by atoms with van der Waals surface area (Å²) >= 11 is 0. The minimum absolute atomic E-state index is 0.394. The maximum absolute atomic E-state index is 10.5. The van der Waals surface area contributed by atoms with Crippen LogP contribution in [0.5, 0.6) is 0 Å². The van der Waals surface area contributed by atoms with Gasteiger partial charge in [-0.05, 0) is 49.7 Å². The van der Waals surface area contributed by atoms with Crippen molar-refractivity contribution in [3.63, 3.8) is 0 Å². The minimum Gasteiger partial charge on any atom is -0.389 e. The van der Waals surface area contributed by atoms with Gasteiger partial charge in [-0.2, -0.15) is 0 Å². The van der Waals surface area contributed by atoms with Gasteiger partial charge in [0, 0.05) is 19.3 Å². The molecule has 0 unspecified atom stereocenters. The molecule has 2 N–H and O–H groups in total. The molecule has 1 fully saturated rings. The van der Waals surface area contributed by atoms with Gasteiger partial charge >= 0.3 is 0 Å². The molecule has 0 atom stereocenters. The van der Waals surface area contributed by atoms with Gasteiger partial charge in [-0.25, -0.2) is 0 Å². The maximum atomic E-state index is 10.5. The fourth-order valence-corrected chi connectivity index (χ4v) is 2.60. The van der Waals surface area contributed by atoms with Crippen LogP contribution in [-0.2, 0) is 6.54 Å². The Bertz CT molecular complexity index is 401. The Labute approximate surface area is 116 Å². The van der Waals surface area contributed by atoms with Crippen molar-refractivity contribution in [1.29, 1.82) is 0 Å². The van der Waals surface area contributed by atoms with Crippen LogP contribution in [0, 0.1) is 12.3 Å². The normalized spacial score (nSPS) is 21.3. The quantitative estimate of drug-likeness (QED) is 0.877. The van der Waals surface area contributed by atoms with Crippen molar-refractivity contribution < 1.29 is 5.11 Å². The Morgan fingerprint density at radius 1 is 1.21 bits per heavy atom. The van der Waals surface area contributed by atoms with E-state index in [1.165, 1.54) is 5.56 Å². The maximum Gasteiger partial charge on any atom is 0.0772 e. The summed E-state index contributed by atoms with van der Waals surface area (Å²) in [6.07, 6.45) is 5.89. The Morgan fingerprint density at radius 3 is 2.47 bits per heavy atom. The minimum atomic E-state index is -0.528. The highest BCUT2D eigenvalue weighted by Crippen LogP contribution is 2.39. The van der Waals surface area contributed by atoms with Crippen molar-refractivity contribution in [3.8, 4) is 0 Å². The summed E-state index contributed by atoms with van der Waals surface area (Å²) in [7, 11) is 0. The van der Waals surface area contributed by atoms with E-state index in [1.54, 1.807) is 0 Å². The van der Waals surface area contributed by atoms with Gasteiger partial charge in [-0.15, -0.1) is 0 Å². The van der Waals surface area contributed by atoms with E-state index in [0.717, 1.165) is 37.9 Å². The summed E-state index contributed by atoms with van der Waals surface area (Å²) in [6.45, 7) is 8.01. The molecule has 0 aromatic carbocycles. The first-order valence-electron chi connectivity index (χ1n) is 7.23. The van der Waals surface area contributed by atoms with Crippen molar-refractivity contribution in [3.05, 3.63) is 29.6 Å². The van der Waals surface area contributed by atoms with Gasteiger partial charge in [0.1, 0.15) is 0 Å². The molecule has 0 bridgehead atoms. The van der Waals surface area contributed by atoms with Gasteiger partial charge in [0.15, 0.2) is 0 Å². The first-order chi connectivity index (χ1) is 8.89. The number of aromatic nitrogens is 1. The predicted octanol–water partition coefficient (Wildman–Crippen LogP) is 2.81. The first kappa shape index (κ1) is 14.5. The fourth-order valence-electron chi connectivity index (χ4n) is 2.60. The van der Waals surface area contributed by atoms with Gasteiger partial charge in [0.25, 0.3) is 0 Å². The zero-order valence-corrected chi connectivity index (χ0v) is 12.4. The number of hydrogen-bond donors (Lipinski definition) is 2. The summed E-state index contributed by atoms with van der Waals surface area (Å²) < 4.78 is 0. The smallest absolute Gasteiger partial charge is 0.0772 e. The zero-order valence-electron chi connectivity index (χ0n) is 12.4. The monoisotopic (exact) mass is 262 g/mol. The molecule has 1 aromatic rings. The van der Waals surface area contributed by atoms with Gasteiger partial charge < -0.3 is 10.4 Å². The Kier molecular flexibility index (Phi) is 4.26. The summed E-state index contributed by atoms with van der Waals surface area (Å²) in [4.78, 5) is 4.36. The third kappa shape index (κ3) is 4.29. The number of pyridine rings is 1. The topological polar surface area (TPSA) is 45.1 Å². The van der Waals surface area contributed by atoms with Gasteiger partial charge in [0.2, 0.25) is 0 Å².